The maximum atomic E-state index is 10.9. The first-order chi connectivity index (χ1) is 8.52. The Bertz CT molecular complexity index is 377. The molecule has 18 heavy (non-hydrogen) atoms. The Hall–Kier alpha value is -0.910. The molecule has 0 unspecified atom stereocenters. The largest absolute Gasteiger partial charge is 0.477 e. The second-order valence-electron chi connectivity index (χ2n) is 4.68. The van der Waals surface area contributed by atoms with Gasteiger partial charge in [-0.05, 0) is 57.4 Å². The third-order valence-electron chi connectivity index (χ3n) is 3.00. The number of thiophene rings is 1. The zero-order valence-electron chi connectivity index (χ0n) is 11.3. The number of hydrogen-bond donors (Lipinski definition) is 2. The van der Waals surface area contributed by atoms with Crippen molar-refractivity contribution in [3.63, 3.8) is 0 Å². The number of nitrogens with zero attached hydrogens (tertiary/aromatic N) is 1. The van der Waals surface area contributed by atoms with Crippen molar-refractivity contribution in [1.82, 2.24) is 10.2 Å². The Labute approximate surface area is 113 Å². The molecule has 1 aromatic rings. The van der Waals surface area contributed by atoms with Gasteiger partial charge in [-0.25, -0.2) is 4.79 Å². The van der Waals surface area contributed by atoms with Gasteiger partial charge in [0.2, 0.25) is 0 Å². The Kier molecular flexibility index (Phi) is 6.32. The Morgan fingerprint density at radius 3 is 2.89 bits per heavy atom. The van der Waals surface area contributed by atoms with Crippen LogP contribution in [0.25, 0.3) is 0 Å². The van der Waals surface area contributed by atoms with Crippen molar-refractivity contribution in [2.45, 2.75) is 32.9 Å². The van der Waals surface area contributed by atoms with Crippen LogP contribution in [-0.4, -0.2) is 42.2 Å². The molecular weight excluding hydrogens is 248 g/mol. The summed E-state index contributed by atoms with van der Waals surface area (Å²) in [5, 5.41) is 14.1. The van der Waals surface area contributed by atoms with Crippen LogP contribution >= 0.6 is 11.3 Å². The van der Waals surface area contributed by atoms with Crippen molar-refractivity contribution >= 4 is 17.3 Å². The molecule has 0 aliphatic rings. The number of carbonyl (C=O) groups is 1. The van der Waals surface area contributed by atoms with Gasteiger partial charge >= 0.3 is 5.97 Å². The van der Waals surface area contributed by atoms with Gasteiger partial charge < -0.3 is 15.3 Å². The van der Waals surface area contributed by atoms with E-state index < -0.39 is 5.97 Å². The molecule has 1 rings (SSSR count). The molecule has 0 fully saturated rings. The van der Waals surface area contributed by atoms with Gasteiger partial charge in [0, 0.05) is 12.6 Å². The molecule has 0 aromatic carbocycles. The maximum Gasteiger partial charge on any atom is 0.346 e. The van der Waals surface area contributed by atoms with Gasteiger partial charge in [-0.3, -0.25) is 0 Å². The van der Waals surface area contributed by atoms with Crippen molar-refractivity contribution in [2.75, 3.05) is 20.1 Å². The second kappa shape index (κ2) is 7.51. The lowest BCUT2D eigenvalue weighted by molar-refractivity contribution is 0.0701. The van der Waals surface area contributed by atoms with Crippen LogP contribution in [0.5, 0.6) is 0 Å². The minimum absolute atomic E-state index is 0.446. The fourth-order valence-corrected chi connectivity index (χ4v) is 2.36. The van der Waals surface area contributed by atoms with E-state index in [1.54, 1.807) is 0 Å². The molecule has 0 saturated carbocycles. The second-order valence-corrected chi connectivity index (χ2v) is 5.60. The third-order valence-corrected chi connectivity index (χ3v) is 3.95. The summed E-state index contributed by atoms with van der Waals surface area (Å²) < 4.78 is 0. The number of aromatic carboxylic acids is 1. The van der Waals surface area contributed by atoms with Gasteiger partial charge in [-0.1, -0.05) is 0 Å². The molecule has 102 valence electrons. The predicted octanol–water partition coefficient (Wildman–Crippen LogP) is 2.27. The first-order valence-electron chi connectivity index (χ1n) is 6.23. The molecule has 0 aliphatic carbocycles. The van der Waals surface area contributed by atoms with Gasteiger partial charge in [0.25, 0.3) is 0 Å². The molecule has 1 heterocycles. The summed E-state index contributed by atoms with van der Waals surface area (Å²) in [5.74, 6) is -0.832. The lowest BCUT2D eigenvalue weighted by atomic mass is 10.2. The normalized spacial score (nSPS) is 11.4. The Morgan fingerprint density at radius 1 is 1.56 bits per heavy atom. The van der Waals surface area contributed by atoms with Crippen LogP contribution in [0.3, 0.4) is 0 Å². The highest BCUT2D eigenvalue weighted by molar-refractivity contribution is 7.12. The molecule has 0 bridgehead atoms. The van der Waals surface area contributed by atoms with E-state index in [1.165, 1.54) is 11.3 Å². The fraction of sp³-hybridized carbons (Fsp3) is 0.615. The summed E-state index contributed by atoms with van der Waals surface area (Å²) in [6, 6.07) is 2.45. The molecule has 5 heteroatoms. The van der Waals surface area contributed by atoms with E-state index in [1.807, 2.05) is 11.4 Å². The van der Waals surface area contributed by atoms with Crippen LogP contribution in [0.15, 0.2) is 11.4 Å². The summed E-state index contributed by atoms with van der Waals surface area (Å²) >= 11 is 1.28. The molecule has 0 aliphatic heterocycles. The number of carboxylic acids is 1. The highest BCUT2D eigenvalue weighted by Gasteiger charge is 2.10. The first kappa shape index (κ1) is 15.1. The van der Waals surface area contributed by atoms with Crippen LogP contribution < -0.4 is 5.32 Å². The van der Waals surface area contributed by atoms with Gasteiger partial charge in [0.1, 0.15) is 4.88 Å². The lowest BCUT2D eigenvalue weighted by Gasteiger charge is -2.20. The average Bonchev–Trinajstić information content (AvgIpc) is 2.76. The number of hydrogen-bond acceptors (Lipinski definition) is 4. The van der Waals surface area contributed by atoms with E-state index in [0.29, 0.717) is 17.5 Å². The number of rotatable bonds is 8. The molecule has 2 N–H and O–H groups in total. The average molecular weight is 270 g/mol. The number of nitrogens with one attached hydrogen (secondary N) is 1. The third kappa shape index (κ3) is 4.76. The van der Waals surface area contributed by atoms with E-state index >= 15 is 0 Å². The standard InChI is InChI=1S/C13H22N2O2S/c1-10(2)15(3)7-4-6-14-9-11-5-8-18-12(11)13(16)17/h5,8,10,14H,4,6-7,9H2,1-3H3,(H,16,17). The van der Waals surface area contributed by atoms with Crippen molar-refractivity contribution in [1.29, 1.82) is 0 Å². The van der Waals surface area contributed by atoms with Gasteiger partial charge in [0.15, 0.2) is 0 Å². The van der Waals surface area contributed by atoms with E-state index in [-0.39, 0.29) is 0 Å². The zero-order valence-corrected chi connectivity index (χ0v) is 12.1. The van der Waals surface area contributed by atoms with Crippen LogP contribution in [-0.2, 0) is 6.54 Å². The molecule has 1 aromatic heterocycles. The van der Waals surface area contributed by atoms with Crippen molar-refractivity contribution < 1.29 is 9.90 Å². The van der Waals surface area contributed by atoms with Gasteiger partial charge in [-0.15, -0.1) is 11.3 Å². The monoisotopic (exact) mass is 270 g/mol. The molecule has 0 atom stereocenters. The topological polar surface area (TPSA) is 52.6 Å². The van der Waals surface area contributed by atoms with E-state index in [0.717, 1.165) is 25.1 Å². The molecule has 0 radical (unpaired) electrons. The zero-order chi connectivity index (χ0) is 13.5. The van der Waals surface area contributed by atoms with Crippen molar-refractivity contribution in [2.24, 2.45) is 0 Å². The van der Waals surface area contributed by atoms with Gasteiger partial charge in [0.05, 0.1) is 0 Å². The molecule has 0 amide bonds. The van der Waals surface area contributed by atoms with Crippen molar-refractivity contribution in [3.8, 4) is 0 Å². The molecule has 0 saturated heterocycles. The first-order valence-corrected chi connectivity index (χ1v) is 7.11. The molecular formula is C13H22N2O2S. The molecule has 4 nitrogen and oxygen atoms in total. The van der Waals surface area contributed by atoms with Crippen LogP contribution in [0.1, 0.15) is 35.5 Å². The SMILES string of the molecule is CC(C)N(C)CCCNCc1ccsc1C(=O)O. The highest BCUT2D eigenvalue weighted by atomic mass is 32.1. The summed E-state index contributed by atoms with van der Waals surface area (Å²) in [7, 11) is 2.12. The number of carboxylic acid groups (broad SMARTS) is 1. The van der Waals surface area contributed by atoms with Crippen LogP contribution in [0.2, 0.25) is 0 Å². The summed E-state index contributed by atoms with van der Waals surface area (Å²) in [6.07, 6.45) is 1.07. The predicted molar refractivity (Wildman–Crippen MR) is 75.4 cm³/mol. The van der Waals surface area contributed by atoms with Crippen LogP contribution in [0, 0.1) is 0 Å². The highest BCUT2D eigenvalue weighted by Crippen LogP contribution is 2.16. The lowest BCUT2D eigenvalue weighted by Crippen LogP contribution is -2.29. The van der Waals surface area contributed by atoms with Gasteiger partial charge in [-0.2, -0.15) is 0 Å². The minimum Gasteiger partial charge on any atom is -0.477 e. The summed E-state index contributed by atoms with van der Waals surface area (Å²) in [6.45, 7) is 6.96. The summed E-state index contributed by atoms with van der Waals surface area (Å²) in [5.41, 5.74) is 0.879. The van der Waals surface area contributed by atoms with Crippen LogP contribution in [0.4, 0.5) is 0 Å². The minimum atomic E-state index is -0.832. The Morgan fingerprint density at radius 2 is 2.28 bits per heavy atom. The quantitative estimate of drug-likeness (QED) is 0.712. The fourth-order valence-electron chi connectivity index (χ4n) is 1.60. The summed E-state index contributed by atoms with van der Waals surface area (Å²) in [4.78, 5) is 13.7. The Balaban J connectivity index is 2.22. The van der Waals surface area contributed by atoms with Crippen molar-refractivity contribution in [3.05, 3.63) is 21.9 Å². The maximum absolute atomic E-state index is 10.9. The van der Waals surface area contributed by atoms with E-state index in [4.69, 9.17) is 5.11 Å². The van der Waals surface area contributed by atoms with E-state index in [9.17, 15) is 4.79 Å². The molecule has 0 spiro atoms. The smallest absolute Gasteiger partial charge is 0.346 e. The van der Waals surface area contributed by atoms with E-state index in [2.05, 4.69) is 31.1 Å².